The highest BCUT2D eigenvalue weighted by Crippen LogP contribution is 2.11. The van der Waals surface area contributed by atoms with E-state index in [4.69, 9.17) is 4.74 Å². The molecule has 1 aliphatic heterocycles. The molecule has 2 amide bonds. The molecule has 1 aromatic carbocycles. The number of hydrogen-bond acceptors (Lipinski definition) is 5. The van der Waals surface area contributed by atoms with E-state index in [-0.39, 0.29) is 12.3 Å². The predicted octanol–water partition coefficient (Wildman–Crippen LogP) is 1.11. The van der Waals surface area contributed by atoms with Crippen molar-refractivity contribution in [3.63, 3.8) is 0 Å². The van der Waals surface area contributed by atoms with Crippen LogP contribution in [0.25, 0.3) is 5.69 Å². The summed E-state index contributed by atoms with van der Waals surface area (Å²) in [6.07, 6.45) is 4.38. The number of ether oxygens (including phenoxy) is 1. The van der Waals surface area contributed by atoms with Crippen molar-refractivity contribution in [1.29, 1.82) is 0 Å². The molecule has 7 heteroatoms. The van der Waals surface area contributed by atoms with Gasteiger partial charge in [0.25, 0.3) is 5.91 Å². The Labute approximate surface area is 138 Å². The van der Waals surface area contributed by atoms with Crippen LogP contribution in [0.3, 0.4) is 0 Å². The molecule has 7 nitrogen and oxygen atoms in total. The number of nitrogens with zero attached hydrogens (tertiary/aromatic N) is 3. The first-order valence-corrected chi connectivity index (χ1v) is 7.71. The molecule has 2 aromatic rings. The first-order chi connectivity index (χ1) is 11.6. The van der Waals surface area contributed by atoms with Crippen LogP contribution in [0.2, 0.25) is 0 Å². The Bertz CT molecular complexity index is 754. The van der Waals surface area contributed by atoms with E-state index in [1.165, 1.54) is 0 Å². The summed E-state index contributed by atoms with van der Waals surface area (Å²) in [6.45, 7) is -0.00351. The summed E-state index contributed by atoms with van der Waals surface area (Å²) in [5, 5.41) is 4.20. The maximum atomic E-state index is 11.8. The van der Waals surface area contributed by atoms with Gasteiger partial charge in [0.15, 0.2) is 6.61 Å². The molecule has 0 spiro atoms. The van der Waals surface area contributed by atoms with Gasteiger partial charge in [0, 0.05) is 24.7 Å². The number of rotatable bonds is 5. The maximum Gasteiger partial charge on any atom is 0.310 e. The average molecular weight is 327 g/mol. The molecule has 0 aliphatic carbocycles. The Kier molecular flexibility index (Phi) is 4.69. The van der Waals surface area contributed by atoms with Crippen molar-refractivity contribution in [2.24, 2.45) is 0 Å². The number of amides is 2. The minimum absolute atomic E-state index is 0.0219. The first kappa shape index (κ1) is 15.9. The molecule has 124 valence electrons. The van der Waals surface area contributed by atoms with Gasteiger partial charge in [0.05, 0.1) is 18.3 Å². The quantitative estimate of drug-likeness (QED) is 0.768. The fourth-order valence-electron chi connectivity index (χ4n) is 2.52. The number of para-hydroxylation sites is 1. The highest BCUT2D eigenvalue weighted by atomic mass is 16.5. The van der Waals surface area contributed by atoms with Crippen LogP contribution in [0.1, 0.15) is 18.4 Å². The van der Waals surface area contributed by atoms with Crippen LogP contribution in [0.5, 0.6) is 0 Å². The van der Waals surface area contributed by atoms with Gasteiger partial charge in [-0.2, -0.15) is 5.10 Å². The number of carbonyl (C=O) groups excluding carboxylic acids is 3. The van der Waals surface area contributed by atoms with Crippen LogP contribution >= 0.6 is 0 Å². The number of imide groups is 1. The topological polar surface area (TPSA) is 81.5 Å². The summed E-state index contributed by atoms with van der Waals surface area (Å²) in [7, 11) is 0. The molecular weight excluding hydrogens is 310 g/mol. The van der Waals surface area contributed by atoms with E-state index in [0.717, 1.165) is 10.6 Å². The lowest BCUT2D eigenvalue weighted by atomic mass is 10.2. The molecule has 0 radical (unpaired) electrons. The smallest absolute Gasteiger partial charge is 0.310 e. The minimum Gasteiger partial charge on any atom is -0.455 e. The van der Waals surface area contributed by atoms with Gasteiger partial charge in [-0.1, -0.05) is 18.2 Å². The van der Waals surface area contributed by atoms with E-state index in [2.05, 4.69) is 5.10 Å². The lowest BCUT2D eigenvalue weighted by Crippen LogP contribution is -2.35. The zero-order valence-electron chi connectivity index (χ0n) is 13.1. The third-order valence-corrected chi connectivity index (χ3v) is 3.74. The van der Waals surface area contributed by atoms with E-state index in [0.29, 0.717) is 24.9 Å². The third kappa shape index (κ3) is 3.68. The summed E-state index contributed by atoms with van der Waals surface area (Å²) in [6, 6.07) is 9.52. The Morgan fingerprint density at radius 3 is 2.71 bits per heavy atom. The molecule has 2 heterocycles. The molecule has 1 aromatic heterocycles. The highest BCUT2D eigenvalue weighted by Gasteiger charge is 2.26. The van der Waals surface area contributed by atoms with E-state index >= 15 is 0 Å². The molecule has 0 N–H and O–H groups in total. The van der Waals surface area contributed by atoms with Gasteiger partial charge in [-0.25, -0.2) is 4.68 Å². The summed E-state index contributed by atoms with van der Waals surface area (Å²) in [5.74, 6) is -1.20. The van der Waals surface area contributed by atoms with E-state index in [1.807, 2.05) is 30.3 Å². The molecule has 0 atom stereocenters. The fourth-order valence-corrected chi connectivity index (χ4v) is 2.52. The number of esters is 1. The highest BCUT2D eigenvalue weighted by molar-refractivity contribution is 5.97. The van der Waals surface area contributed by atoms with Gasteiger partial charge in [0.2, 0.25) is 5.91 Å². The number of hydrogen-bond donors (Lipinski definition) is 0. The van der Waals surface area contributed by atoms with Crippen molar-refractivity contribution < 1.29 is 19.1 Å². The Balaban J connectivity index is 1.51. The van der Waals surface area contributed by atoms with Crippen LogP contribution < -0.4 is 0 Å². The van der Waals surface area contributed by atoms with Crippen LogP contribution in [0.15, 0.2) is 42.7 Å². The maximum absolute atomic E-state index is 11.8. The average Bonchev–Trinajstić information content (AvgIpc) is 3.22. The Hall–Kier alpha value is -2.96. The van der Waals surface area contributed by atoms with Gasteiger partial charge in [0.1, 0.15) is 0 Å². The molecular formula is C17H17N3O4. The van der Waals surface area contributed by atoms with Crippen molar-refractivity contribution in [3.05, 3.63) is 48.3 Å². The lowest BCUT2D eigenvalue weighted by Gasteiger charge is -2.13. The zero-order chi connectivity index (χ0) is 16.9. The van der Waals surface area contributed by atoms with Gasteiger partial charge >= 0.3 is 5.97 Å². The Morgan fingerprint density at radius 1 is 1.21 bits per heavy atom. The van der Waals surface area contributed by atoms with E-state index in [1.54, 1.807) is 17.1 Å². The van der Waals surface area contributed by atoms with Gasteiger partial charge < -0.3 is 4.74 Å². The second kappa shape index (κ2) is 7.08. The fraction of sp³-hybridized carbons (Fsp3) is 0.294. The second-order valence-corrected chi connectivity index (χ2v) is 5.51. The number of carbonyl (C=O) groups is 3. The van der Waals surface area contributed by atoms with Crippen LogP contribution in [-0.4, -0.2) is 45.6 Å². The molecule has 3 rings (SSSR count). The van der Waals surface area contributed by atoms with Crippen LogP contribution in [-0.2, 0) is 25.5 Å². The number of likely N-dealkylation sites (tertiary alicyclic amines) is 1. The summed E-state index contributed by atoms with van der Waals surface area (Å²) < 4.78 is 6.63. The zero-order valence-corrected chi connectivity index (χ0v) is 13.1. The van der Waals surface area contributed by atoms with Crippen LogP contribution in [0.4, 0.5) is 0 Å². The number of aromatic nitrogens is 2. The molecule has 0 saturated carbocycles. The number of benzene rings is 1. The largest absolute Gasteiger partial charge is 0.455 e. The Morgan fingerprint density at radius 2 is 2.00 bits per heavy atom. The first-order valence-electron chi connectivity index (χ1n) is 7.71. The standard InChI is InChI=1S/C17H17N3O4/c21-15-7-4-8-19(15)16(22)12-24-17(23)9-13-10-18-20(11-13)14-5-2-1-3-6-14/h1-3,5-6,10-11H,4,7-9,12H2. The normalized spacial score (nSPS) is 14.0. The van der Waals surface area contributed by atoms with Crippen molar-refractivity contribution in [3.8, 4) is 5.69 Å². The van der Waals surface area contributed by atoms with Crippen molar-refractivity contribution in [1.82, 2.24) is 14.7 Å². The lowest BCUT2D eigenvalue weighted by molar-refractivity contribution is -0.154. The van der Waals surface area contributed by atoms with Crippen molar-refractivity contribution >= 4 is 17.8 Å². The molecule has 0 unspecified atom stereocenters. The molecule has 1 saturated heterocycles. The monoisotopic (exact) mass is 327 g/mol. The summed E-state index contributed by atoms with van der Waals surface area (Å²) in [5.41, 5.74) is 1.58. The molecule has 1 fully saturated rings. The molecule has 24 heavy (non-hydrogen) atoms. The molecule has 0 bridgehead atoms. The second-order valence-electron chi connectivity index (χ2n) is 5.51. The van der Waals surface area contributed by atoms with Gasteiger partial charge in [-0.15, -0.1) is 0 Å². The van der Waals surface area contributed by atoms with Crippen molar-refractivity contribution in [2.45, 2.75) is 19.3 Å². The SMILES string of the molecule is O=C(Cc1cnn(-c2ccccc2)c1)OCC(=O)N1CCCC1=O. The third-order valence-electron chi connectivity index (χ3n) is 3.74. The van der Waals surface area contributed by atoms with Crippen LogP contribution in [0, 0.1) is 0 Å². The molecule has 1 aliphatic rings. The van der Waals surface area contributed by atoms with Gasteiger partial charge in [-0.05, 0) is 18.6 Å². The van der Waals surface area contributed by atoms with Gasteiger partial charge in [-0.3, -0.25) is 19.3 Å². The summed E-state index contributed by atoms with van der Waals surface area (Å²) >= 11 is 0. The van der Waals surface area contributed by atoms with Crippen molar-refractivity contribution in [2.75, 3.05) is 13.2 Å². The predicted molar refractivity (Wildman–Crippen MR) is 84.2 cm³/mol. The minimum atomic E-state index is -0.525. The van der Waals surface area contributed by atoms with E-state index in [9.17, 15) is 14.4 Å². The summed E-state index contributed by atoms with van der Waals surface area (Å²) in [4.78, 5) is 36.2. The van der Waals surface area contributed by atoms with E-state index < -0.39 is 18.5 Å².